The summed E-state index contributed by atoms with van der Waals surface area (Å²) in [6.45, 7) is 3.99. The number of benzene rings is 1. The van der Waals surface area contributed by atoms with Crippen molar-refractivity contribution in [2.45, 2.75) is 26.4 Å². The molecule has 9 nitrogen and oxygen atoms in total. The molecule has 0 fully saturated rings. The lowest BCUT2D eigenvalue weighted by atomic mass is 10.1. The maximum atomic E-state index is 12.4. The molecule has 3 rings (SSSR count). The molecule has 0 radical (unpaired) electrons. The quantitative estimate of drug-likeness (QED) is 0.696. The molecule has 0 aliphatic rings. The van der Waals surface area contributed by atoms with Gasteiger partial charge in [-0.2, -0.15) is 5.10 Å². The van der Waals surface area contributed by atoms with Gasteiger partial charge >= 0.3 is 5.97 Å². The number of aromatic nitrogens is 5. The summed E-state index contributed by atoms with van der Waals surface area (Å²) in [5.74, 6) is -1.47. The molecule has 1 aromatic carbocycles. The minimum Gasteiger partial charge on any atom is -0.480 e. The van der Waals surface area contributed by atoms with Crippen LogP contribution in [0.15, 0.2) is 42.9 Å². The fourth-order valence-corrected chi connectivity index (χ4v) is 2.38. The standard InChI is InChI=1S/C17H18N6O3/c1-11-3-5-13(6-4-11)9-22-10-18-17(21-22)20-15(24)14-7-8-19-23(14)12(2)16(25)26/h3-8,10,12H,9H2,1-2H3,(H,25,26)(H,20,21,24). The van der Waals surface area contributed by atoms with Crippen LogP contribution in [0, 0.1) is 6.92 Å². The van der Waals surface area contributed by atoms with Gasteiger partial charge in [-0.3, -0.25) is 10.1 Å². The van der Waals surface area contributed by atoms with Crippen LogP contribution in [-0.4, -0.2) is 41.5 Å². The van der Waals surface area contributed by atoms with E-state index in [2.05, 4.69) is 20.5 Å². The molecule has 2 heterocycles. The molecular weight excluding hydrogens is 336 g/mol. The summed E-state index contributed by atoms with van der Waals surface area (Å²) in [4.78, 5) is 27.5. The minimum absolute atomic E-state index is 0.120. The molecule has 1 amide bonds. The Hall–Kier alpha value is -3.49. The number of hydrogen-bond acceptors (Lipinski definition) is 5. The molecular formula is C17H18N6O3. The van der Waals surface area contributed by atoms with Crippen LogP contribution in [0.2, 0.25) is 0 Å². The van der Waals surface area contributed by atoms with Gasteiger partial charge in [0.2, 0.25) is 5.95 Å². The van der Waals surface area contributed by atoms with Crippen LogP contribution in [0.25, 0.3) is 0 Å². The maximum absolute atomic E-state index is 12.4. The molecule has 0 spiro atoms. The van der Waals surface area contributed by atoms with Gasteiger partial charge < -0.3 is 5.11 Å². The Balaban J connectivity index is 1.69. The average molecular weight is 354 g/mol. The predicted octanol–water partition coefficient (Wildman–Crippen LogP) is 1.73. The lowest BCUT2D eigenvalue weighted by Crippen LogP contribution is -2.24. The topological polar surface area (TPSA) is 115 Å². The summed E-state index contributed by atoms with van der Waals surface area (Å²) in [6, 6.07) is 8.51. The monoisotopic (exact) mass is 354 g/mol. The van der Waals surface area contributed by atoms with E-state index in [4.69, 9.17) is 5.11 Å². The van der Waals surface area contributed by atoms with E-state index in [9.17, 15) is 9.59 Å². The third-order valence-electron chi connectivity index (χ3n) is 3.85. The first-order valence-electron chi connectivity index (χ1n) is 7.96. The van der Waals surface area contributed by atoms with Gasteiger partial charge in [0.15, 0.2) is 0 Å². The summed E-state index contributed by atoms with van der Waals surface area (Å²) in [7, 11) is 0. The van der Waals surface area contributed by atoms with Crippen molar-refractivity contribution in [1.29, 1.82) is 0 Å². The van der Waals surface area contributed by atoms with E-state index in [0.717, 1.165) is 10.2 Å². The Labute approximate surface area is 149 Å². The summed E-state index contributed by atoms with van der Waals surface area (Å²) in [5.41, 5.74) is 2.36. The molecule has 1 atom stereocenters. The molecule has 0 aliphatic heterocycles. The highest BCUT2D eigenvalue weighted by Gasteiger charge is 2.21. The van der Waals surface area contributed by atoms with E-state index < -0.39 is 17.9 Å². The number of nitrogens with zero attached hydrogens (tertiary/aromatic N) is 5. The lowest BCUT2D eigenvalue weighted by Gasteiger charge is -2.10. The van der Waals surface area contributed by atoms with Gasteiger partial charge in [0, 0.05) is 6.20 Å². The molecule has 134 valence electrons. The number of anilines is 1. The van der Waals surface area contributed by atoms with E-state index >= 15 is 0 Å². The Kier molecular flexibility index (Phi) is 4.78. The Bertz CT molecular complexity index is 928. The number of rotatable bonds is 6. The van der Waals surface area contributed by atoms with Gasteiger partial charge in [-0.25, -0.2) is 19.1 Å². The van der Waals surface area contributed by atoms with Crippen LogP contribution in [0.4, 0.5) is 5.95 Å². The maximum Gasteiger partial charge on any atom is 0.328 e. The molecule has 3 aromatic rings. The fraction of sp³-hybridized carbons (Fsp3) is 0.235. The third-order valence-corrected chi connectivity index (χ3v) is 3.85. The molecule has 26 heavy (non-hydrogen) atoms. The van der Waals surface area contributed by atoms with Crippen molar-refractivity contribution < 1.29 is 14.7 Å². The summed E-state index contributed by atoms with van der Waals surface area (Å²) < 4.78 is 2.75. The fourth-order valence-electron chi connectivity index (χ4n) is 2.38. The number of carbonyl (C=O) groups excluding carboxylic acids is 1. The van der Waals surface area contributed by atoms with Gasteiger partial charge in [0.25, 0.3) is 5.91 Å². The summed E-state index contributed by atoms with van der Waals surface area (Å²) >= 11 is 0. The molecule has 0 aliphatic carbocycles. The molecule has 0 bridgehead atoms. The highest BCUT2D eigenvalue weighted by Crippen LogP contribution is 2.11. The molecule has 0 saturated heterocycles. The normalized spacial score (nSPS) is 11.9. The van der Waals surface area contributed by atoms with Crippen molar-refractivity contribution in [3.8, 4) is 0 Å². The first-order chi connectivity index (χ1) is 12.4. The number of aliphatic carboxylic acids is 1. The van der Waals surface area contributed by atoms with Gasteiger partial charge in [-0.15, -0.1) is 5.10 Å². The van der Waals surface area contributed by atoms with Crippen LogP contribution in [0.3, 0.4) is 0 Å². The zero-order chi connectivity index (χ0) is 18.7. The largest absolute Gasteiger partial charge is 0.480 e. The third kappa shape index (κ3) is 3.77. The highest BCUT2D eigenvalue weighted by molar-refractivity contribution is 6.02. The van der Waals surface area contributed by atoms with Crippen molar-refractivity contribution in [1.82, 2.24) is 24.5 Å². The molecule has 1 unspecified atom stereocenters. The van der Waals surface area contributed by atoms with Crippen molar-refractivity contribution in [2.75, 3.05) is 5.32 Å². The molecule has 9 heteroatoms. The van der Waals surface area contributed by atoms with Crippen molar-refractivity contribution >= 4 is 17.8 Å². The Morgan fingerprint density at radius 1 is 1.23 bits per heavy atom. The van der Waals surface area contributed by atoms with Crippen LogP contribution in [-0.2, 0) is 11.3 Å². The number of amides is 1. The average Bonchev–Trinajstić information content (AvgIpc) is 3.25. The lowest BCUT2D eigenvalue weighted by molar-refractivity contribution is -0.140. The second-order valence-corrected chi connectivity index (χ2v) is 5.88. The zero-order valence-corrected chi connectivity index (χ0v) is 14.3. The number of carboxylic acid groups (broad SMARTS) is 1. The van der Waals surface area contributed by atoms with Gasteiger partial charge in [0.05, 0.1) is 6.54 Å². The second-order valence-electron chi connectivity index (χ2n) is 5.88. The smallest absolute Gasteiger partial charge is 0.328 e. The number of hydrogen-bond donors (Lipinski definition) is 2. The van der Waals surface area contributed by atoms with E-state index in [-0.39, 0.29) is 11.6 Å². The number of carboxylic acids is 1. The van der Waals surface area contributed by atoms with Crippen LogP contribution in [0.1, 0.15) is 34.6 Å². The van der Waals surface area contributed by atoms with Crippen molar-refractivity contribution in [3.05, 3.63) is 59.7 Å². The highest BCUT2D eigenvalue weighted by atomic mass is 16.4. The van der Waals surface area contributed by atoms with Crippen molar-refractivity contribution in [2.24, 2.45) is 0 Å². The predicted molar refractivity (Wildman–Crippen MR) is 92.8 cm³/mol. The summed E-state index contributed by atoms with van der Waals surface area (Å²) in [6.07, 6.45) is 2.89. The zero-order valence-electron chi connectivity index (χ0n) is 14.3. The van der Waals surface area contributed by atoms with Gasteiger partial charge in [-0.05, 0) is 25.5 Å². The Morgan fingerprint density at radius 2 is 1.96 bits per heavy atom. The van der Waals surface area contributed by atoms with E-state index in [1.807, 2.05) is 31.2 Å². The number of carbonyl (C=O) groups is 2. The van der Waals surface area contributed by atoms with Gasteiger partial charge in [-0.1, -0.05) is 29.8 Å². The van der Waals surface area contributed by atoms with E-state index in [1.54, 1.807) is 4.68 Å². The molecule has 0 saturated carbocycles. The Morgan fingerprint density at radius 3 is 2.65 bits per heavy atom. The van der Waals surface area contributed by atoms with Crippen LogP contribution < -0.4 is 5.32 Å². The SMILES string of the molecule is Cc1ccc(Cn2cnc(NC(=O)c3ccnn3C(C)C(=O)O)n2)cc1. The number of nitrogens with one attached hydrogen (secondary N) is 1. The van der Waals surface area contributed by atoms with Crippen LogP contribution >= 0.6 is 0 Å². The first-order valence-corrected chi connectivity index (χ1v) is 7.96. The van der Waals surface area contributed by atoms with Crippen LogP contribution in [0.5, 0.6) is 0 Å². The van der Waals surface area contributed by atoms with E-state index in [0.29, 0.717) is 6.54 Å². The first kappa shape index (κ1) is 17.3. The number of aryl methyl sites for hydroxylation is 1. The molecule has 2 aromatic heterocycles. The van der Waals surface area contributed by atoms with Crippen molar-refractivity contribution in [3.63, 3.8) is 0 Å². The summed E-state index contributed by atoms with van der Waals surface area (Å²) in [5, 5.41) is 19.8. The molecule has 2 N–H and O–H groups in total. The second kappa shape index (κ2) is 7.18. The van der Waals surface area contributed by atoms with Gasteiger partial charge in [0.1, 0.15) is 18.1 Å². The minimum atomic E-state index is -1.08. The van der Waals surface area contributed by atoms with E-state index in [1.165, 1.54) is 31.1 Å².